The standard InChI is InChI=1S/C27H22ClNO6/c1-3-33-27(32)18-7-11-20(12-8-18)29-23(30)15-34-26-24(31)21-13-4-16(2)14-22(21)35-25(26)17-5-9-19(28)10-6-17/h4-14H,3,15H2,1-2H3,(H,29,30). The third-order valence-corrected chi connectivity index (χ3v) is 5.39. The third kappa shape index (κ3) is 5.53. The lowest BCUT2D eigenvalue weighted by Gasteiger charge is -2.12. The number of fused-ring (bicyclic) bond motifs is 1. The monoisotopic (exact) mass is 491 g/mol. The summed E-state index contributed by atoms with van der Waals surface area (Å²) in [6, 6.07) is 18.3. The van der Waals surface area contributed by atoms with E-state index in [0.717, 1.165) is 5.56 Å². The third-order valence-electron chi connectivity index (χ3n) is 5.14. The Morgan fingerprint density at radius 2 is 1.71 bits per heavy atom. The molecule has 4 aromatic rings. The molecule has 0 fully saturated rings. The number of halogens is 1. The number of benzene rings is 3. The van der Waals surface area contributed by atoms with Gasteiger partial charge in [-0.05, 0) is 80.1 Å². The number of carbonyl (C=O) groups is 2. The number of amides is 1. The highest BCUT2D eigenvalue weighted by atomic mass is 35.5. The molecule has 0 spiro atoms. The quantitative estimate of drug-likeness (QED) is 0.337. The largest absolute Gasteiger partial charge is 0.476 e. The second kappa shape index (κ2) is 10.4. The molecule has 0 atom stereocenters. The van der Waals surface area contributed by atoms with Crippen molar-refractivity contribution in [3.05, 3.63) is 93.1 Å². The van der Waals surface area contributed by atoms with Crippen molar-refractivity contribution in [3.8, 4) is 17.1 Å². The number of hydrogen-bond acceptors (Lipinski definition) is 6. The van der Waals surface area contributed by atoms with Gasteiger partial charge in [-0.3, -0.25) is 9.59 Å². The molecule has 0 saturated carbocycles. The maximum atomic E-state index is 13.2. The number of hydrogen-bond donors (Lipinski definition) is 1. The lowest BCUT2D eigenvalue weighted by molar-refractivity contribution is -0.118. The summed E-state index contributed by atoms with van der Waals surface area (Å²) < 4.78 is 16.7. The van der Waals surface area contributed by atoms with E-state index in [1.807, 2.05) is 6.92 Å². The minimum absolute atomic E-state index is 0.0727. The fraction of sp³-hybridized carbons (Fsp3) is 0.148. The van der Waals surface area contributed by atoms with E-state index in [-0.39, 0.29) is 23.5 Å². The van der Waals surface area contributed by atoms with Crippen LogP contribution >= 0.6 is 11.6 Å². The first-order chi connectivity index (χ1) is 16.9. The summed E-state index contributed by atoms with van der Waals surface area (Å²) >= 11 is 6.01. The Kier molecular flexibility index (Phi) is 7.17. The predicted octanol–water partition coefficient (Wildman–Crippen LogP) is 5.62. The molecule has 7 nitrogen and oxygen atoms in total. The summed E-state index contributed by atoms with van der Waals surface area (Å²) in [6.07, 6.45) is 0. The van der Waals surface area contributed by atoms with E-state index < -0.39 is 18.5 Å². The Balaban J connectivity index is 1.58. The van der Waals surface area contributed by atoms with E-state index >= 15 is 0 Å². The van der Waals surface area contributed by atoms with E-state index in [9.17, 15) is 14.4 Å². The van der Waals surface area contributed by atoms with Gasteiger partial charge in [0.25, 0.3) is 5.91 Å². The molecule has 0 aliphatic carbocycles. The fourth-order valence-electron chi connectivity index (χ4n) is 3.44. The fourth-order valence-corrected chi connectivity index (χ4v) is 3.57. The first kappa shape index (κ1) is 24.0. The zero-order chi connectivity index (χ0) is 24.9. The maximum Gasteiger partial charge on any atom is 0.338 e. The second-order valence-electron chi connectivity index (χ2n) is 7.73. The molecule has 0 aliphatic rings. The molecule has 3 aromatic carbocycles. The first-order valence-corrected chi connectivity index (χ1v) is 11.3. The van der Waals surface area contributed by atoms with Gasteiger partial charge in [0.15, 0.2) is 12.4 Å². The van der Waals surface area contributed by atoms with Crippen molar-refractivity contribution < 1.29 is 23.5 Å². The van der Waals surface area contributed by atoms with Gasteiger partial charge in [-0.2, -0.15) is 0 Å². The van der Waals surface area contributed by atoms with Crippen LogP contribution in [0.5, 0.6) is 5.75 Å². The van der Waals surface area contributed by atoms with Gasteiger partial charge in [-0.1, -0.05) is 17.7 Å². The molecule has 0 unspecified atom stereocenters. The highest BCUT2D eigenvalue weighted by Crippen LogP contribution is 2.32. The summed E-state index contributed by atoms with van der Waals surface area (Å²) in [5.41, 5.74) is 2.38. The number of aryl methyl sites for hydroxylation is 1. The molecule has 4 rings (SSSR count). The Morgan fingerprint density at radius 1 is 1.00 bits per heavy atom. The first-order valence-electron chi connectivity index (χ1n) is 10.9. The van der Waals surface area contributed by atoms with Gasteiger partial charge in [0.1, 0.15) is 5.58 Å². The molecule has 1 N–H and O–H groups in total. The summed E-state index contributed by atoms with van der Waals surface area (Å²) in [5.74, 6) is -0.797. The van der Waals surface area contributed by atoms with Crippen LogP contribution in [0.3, 0.4) is 0 Å². The van der Waals surface area contributed by atoms with Crippen molar-refractivity contribution in [2.24, 2.45) is 0 Å². The van der Waals surface area contributed by atoms with Crippen LogP contribution in [0.25, 0.3) is 22.3 Å². The molecular weight excluding hydrogens is 470 g/mol. The zero-order valence-corrected chi connectivity index (χ0v) is 19.8. The van der Waals surface area contributed by atoms with Crippen molar-refractivity contribution in [1.29, 1.82) is 0 Å². The van der Waals surface area contributed by atoms with Gasteiger partial charge >= 0.3 is 5.97 Å². The Morgan fingerprint density at radius 3 is 2.40 bits per heavy atom. The highest BCUT2D eigenvalue weighted by Gasteiger charge is 2.19. The number of anilines is 1. The van der Waals surface area contributed by atoms with Crippen LogP contribution < -0.4 is 15.5 Å². The average molecular weight is 492 g/mol. The molecule has 8 heteroatoms. The topological polar surface area (TPSA) is 94.8 Å². The van der Waals surface area contributed by atoms with E-state index in [2.05, 4.69) is 5.32 Å². The van der Waals surface area contributed by atoms with Crippen LogP contribution in [0, 0.1) is 6.92 Å². The van der Waals surface area contributed by atoms with Crippen molar-refractivity contribution in [1.82, 2.24) is 0 Å². The van der Waals surface area contributed by atoms with E-state index in [1.54, 1.807) is 73.7 Å². The van der Waals surface area contributed by atoms with Gasteiger partial charge < -0.3 is 19.2 Å². The van der Waals surface area contributed by atoms with E-state index in [1.165, 1.54) is 0 Å². The number of rotatable bonds is 7. The number of esters is 1. The Labute approximate surface area is 206 Å². The molecule has 0 radical (unpaired) electrons. The SMILES string of the molecule is CCOC(=O)c1ccc(NC(=O)COc2c(-c3ccc(Cl)cc3)oc3cc(C)ccc3c2=O)cc1. The van der Waals surface area contributed by atoms with Crippen LogP contribution in [-0.2, 0) is 9.53 Å². The van der Waals surface area contributed by atoms with Crippen LogP contribution in [0.1, 0.15) is 22.8 Å². The van der Waals surface area contributed by atoms with Crippen molar-refractivity contribution in [2.45, 2.75) is 13.8 Å². The molecule has 1 heterocycles. The average Bonchev–Trinajstić information content (AvgIpc) is 2.84. The molecule has 1 aromatic heterocycles. The number of nitrogens with one attached hydrogen (secondary N) is 1. The summed E-state index contributed by atoms with van der Waals surface area (Å²) in [6.45, 7) is 3.47. The number of carbonyl (C=O) groups excluding carboxylic acids is 2. The van der Waals surface area contributed by atoms with Gasteiger partial charge in [0, 0.05) is 16.3 Å². The Hall–Kier alpha value is -4.10. The zero-order valence-electron chi connectivity index (χ0n) is 19.1. The Bertz CT molecular complexity index is 1440. The lowest BCUT2D eigenvalue weighted by atomic mass is 10.1. The lowest BCUT2D eigenvalue weighted by Crippen LogP contribution is -2.22. The van der Waals surface area contributed by atoms with E-state index in [0.29, 0.717) is 32.8 Å². The van der Waals surface area contributed by atoms with Crippen LogP contribution in [0.2, 0.25) is 5.02 Å². The van der Waals surface area contributed by atoms with Crippen molar-refractivity contribution in [2.75, 3.05) is 18.5 Å². The molecule has 1 amide bonds. The van der Waals surface area contributed by atoms with Gasteiger partial charge in [0.2, 0.25) is 11.2 Å². The molecular formula is C27H22ClNO6. The van der Waals surface area contributed by atoms with Crippen LogP contribution in [-0.4, -0.2) is 25.1 Å². The summed E-state index contributed by atoms with van der Waals surface area (Å²) in [7, 11) is 0. The van der Waals surface area contributed by atoms with Crippen molar-refractivity contribution in [3.63, 3.8) is 0 Å². The molecule has 0 bridgehead atoms. The van der Waals surface area contributed by atoms with Crippen molar-refractivity contribution >= 4 is 40.1 Å². The molecule has 35 heavy (non-hydrogen) atoms. The second-order valence-corrected chi connectivity index (χ2v) is 8.17. The van der Waals surface area contributed by atoms with Crippen LogP contribution in [0.15, 0.2) is 75.9 Å². The van der Waals surface area contributed by atoms with Crippen LogP contribution in [0.4, 0.5) is 5.69 Å². The van der Waals surface area contributed by atoms with Gasteiger partial charge in [-0.15, -0.1) is 0 Å². The number of ether oxygens (including phenoxy) is 2. The molecule has 178 valence electrons. The predicted molar refractivity (Wildman–Crippen MR) is 134 cm³/mol. The minimum Gasteiger partial charge on any atom is -0.476 e. The van der Waals surface area contributed by atoms with E-state index in [4.69, 9.17) is 25.5 Å². The summed E-state index contributed by atoms with van der Waals surface area (Å²) in [5, 5.41) is 3.55. The maximum absolute atomic E-state index is 13.2. The molecule has 0 aliphatic heterocycles. The molecule has 0 saturated heterocycles. The smallest absolute Gasteiger partial charge is 0.338 e. The summed E-state index contributed by atoms with van der Waals surface area (Å²) in [4.78, 5) is 37.6. The normalized spacial score (nSPS) is 10.7. The van der Waals surface area contributed by atoms with Gasteiger partial charge in [0.05, 0.1) is 17.6 Å². The van der Waals surface area contributed by atoms with Gasteiger partial charge in [-0.25, -0.2) is 4.79 Å². The minimum atomic E-state index is -0.487. The highest BCUT2D eigenvalue weighted by molar-refractivity contribution is 6.30.